The highest BCUT2D eigenvalue weighted by Crippen LogP contribution is 2.32. The third-order valence-corrected chi connectivity index (χ3v) is 5.07. The number of aryl methyl sites for hydroxylation is 1. The van der Waals surface area contributed by atoms with Crippen LogP contribution in [0, 0.1) is 6.92 Å². The van der Waals surface area contributed by atoms with Crippen LogP contribution in [-0.4, -0.2) is 22.5 Å². The monoisotopic (exact) mass is 298 g/mol. The molecule has 4 rings (SSSR count). The van der Waals surface area contributed by atoms with Crippen LogP contribution in [0.2, 0.25) is 0 Å². The second-order valence-electron chi connectivity index (χ2n) is 5.29. The van der Waals surface area contributed by atoms with Gasteiger partial charge in [-0.3, -0.25) is 4.79 Å². The number of aromatic nitrogens is 1. The zero-order chi connectivity index (χ0) is 14.4. The molecule has 21 heavy (non-hydrogen) atoms. The molecule has 1 aliphatic rings. The molecule has 0 radical (unpaired) electrons. The lowest BCUT2D eigenvalue weighted by atomic mass is 10.1. The van der Waals surface area contributed by atoms with Crippen molar-refractivity contribution in [3.8, 4) is 0 Å². The van der Waals surface area contributed by atoms with Crippen molar-refractivity contribution in [1.82, 2.24) is 10.1 Å². The number of rotatable bonds is 1. The van der Waals surface area contributed by atoms with Crippen LogP contribution in [0.1, 0.15) is 26.5 Å². The average molecular weight is 298 g/mol. The summed E-state index contributed by atoms with van der Waals surface area (Å²) in [4.78, 5) is 15.9. The minimum absolute atomic E-state index is 0.108. The van der Waals surface area contributed by atoms with Gasteiger partial charge in [0, 0.05) is 33.5 Å². The minimum Gasteiger partial charge on any atom is -0.364 e. The molecule has 5 heteroatoms. The molecule has 4 nitrogen and oxygen atoms in total. The molecule has 0 N–H and O–H groups in total. The van der Waals surface area contributed by atoms with Crippen LogP contribution in [0.25, 0.3) is 10.1 Å². The van der Waals surface area contributed by atoms with Gasteiger partial charge in [-0.25, -0.2) is 0 Å². The summed E-state index contributed by atoms with van der Waals surface area (Å²) in [5.41, 5.74) is 2.84. The number of hydrogen-bond acceptors (Lipinski definition) is 4. The lowest BCUT2D eigenvalue weighted by Gasteiger charge is -2.26. The second kappa shape index (κ2) is 4.70. The van der Waals surface area contributed by atoms with E-state index in [0.717, 1.165) is 33.5 Å². The number of amides is 1. The molecule has 0 atom stereocenters. The van der Waals surface area contributed by atoms with Crippen LogP contribution in [0.4, 0.5) is 0 Å². The molecular weight excluding hydrogens is 284 g/mol. The maximum absolute atomic E-state index is 12.9. The largest absolute Gasteiger partial charge is 0.364 e. The first-order chi connectivity index (χ1) is 10.2. The van der Waals surface area contributed by atoms with Crippen LogP contribution < -0.4 is 0 Å². The Kier molecular flexibility index (Phi) is 2.82. The van der Waals surface area contributed by atoms with Gasteiger partial charge in [0.25, 0.3) is 5.91 Å². The van der Waals surface area contributed by atoms with Gasteiger partial charge < -0.3 is 9.42 Å². The Balaban J connectivity index is 1.73. The molecule has 1 aliphatic heterocycles. The van der Waals surface area contributed by atoms with Crippen molar-refractivity contribution in [2.75, 3.05) is 6.54 Å². The highest BCUT2D eigenvalue weighted by atomic mass is 32.1. The first-order valence-electron chi connectivity index (χ1n) is 6.93. The fourth-order valence-corrected chi connectivity index (χ4v) is 3.96. The van der Waals surface area contributed by atoms with Crippen molar-refractivity contribution in [2.24, 2.45) is 0 Å². The Morgan fingerprint density at radius 2 is 2.24 bits per heavy atom. The summed E-state index contributed by atoms with van der Waals surface area (Å²) >= 11 is 1.68. The smallest absolute Gasteiger partial charge is 0.255 e. The Bertz CT molecular complexity index is 834. The van der Waals surface area contributed by atoms with Crippen LogP contribution in [-0.2, 0) is 13.0 Å². The third-order valence-electron chi connectivity index (χ3n) is 3.98. The summed E-state index contributed by atoms with van der Waals surface area (Å²) in [5, 5.41) is 5.03. The van der Waals surface area contributed by atoms with Crippen LogP contribution >= 0.6 is 11.3 Å². The summed E-state index contributed by atoms with van der Waals surface area (Å²) in [5.74, 6) is 0.108. The Morgan fingerprint density at radius 1 is 1.38 bits per heavy atom. The van der Waals surface area contributed by atoms with Crippen molar-refractivity contribution in [2.45, 2.75) is 19.9 Å². The van der Waals surface area contributed by atoms with Crippen molar-refractivity contribution < 1.29 is 9.32 Å². The van der Waals surface area contributed by atoms with E-state index in [9.17, 15) is 4.79 Å². The van der Waals surface area contributed by atoms with E-state index in [1.807, 2.05) is 30.0 Å². The van der Waals surface area contributed by atoms with Gasteiger partial charge in [-0.1, -0.05) is 23.4 Å². The molecule has 0 aliphatic carbocycles. The van der Waals surface area contributed by atoms with Crippen molar-refractivity contribution >= 4 is 27.3 Å². The lowest BCUT2D eigenvalue weighted by Crippen LogP contribution is -2.35. The predicted octanol–water partition coefficient (Wildman–Crippen LogP) is 3.40. The fourth-order valence-electron chi connectivity index (χ4n) is 2.91. The molecule has 106 valence electrons. The third kappa shape index (κ3) is 1.96. The maximum Gasteiger partial charge on any atom is 0.255 e. The van der Waals surface area contributed by atoms with Gasteiger partial charge in [-0.15, -0.1) is 11.3 Å². The van der Waals surface area contributed by atoms with Crippen LogP contribution in [0.3, 0.4) is 0 Å². The second-order valence-corrected chi connectivity index (χ2v) is 6.55. The molecule has 0 saturated heterocycles. The summed E-state index contributed by atoms with van der Waals surface area (Å²) in [7, 11) is 0. The number of benzene rings is 1. The average Bonchev–Trinajstić information content (AvgIpc) is 3.08. The van der Waals surface area contributed by atoms with E-state index >= 15 is 0 Å². The van der Waals surface area contributed by atoms with E-state index in [0.29, 0.717) is 13.1 Å². The molecule has 0 bridgehead atoms. The topological polar surface area (TPSA) is 46.3 Å². The Hall–Kier alpha value is -2.14. The van der Waals surface area contributed by atoms with Crippen molar-refractivity contribution in [1.29, 1.82) is 0 Å². The zero-order valence-electron chi connectivity index (χ0n) is 11.6. The number of hydrogen-bond donors (Lipinski definition) is 0. The predicted molar refractivity (Wildman–Crippen MR) is 81.5 cm³/mol. The number of carbonyl (C=O) groups is 1. The summed E-state index contributed by atoms with van der Waals surface area (Å²) in [6, 6.07) is 8.09. The highest BCUT2D eigenvalue weighted by molar-refractivity contribution is 7.19. The summed E-state index contributed by atoms with van der Waals surface area (Å²) in [6.07, 6.45) is 2.41. The fraction of sp³-hybridized carbons (Fsp3) is 0.250. The number of nitrogens with zero attached hydrogens (tertiary/aromatic N) is 2. The first-order valence-corrected chi connectivity index (χ1v) is 7.75. The molecule has 3 aromatic rings. The van der Waals surface area contributed by atoms with Gasteiger partial charge in [0.05, 0.1) is 17.8 Å². The van der Waals surface area contributed by atoms with Gasteiger partial charge in [0.2, 0.25) is 0 Å². The number of thiophene rings is 1. The van der Waals surface area contributed by atoms with E-state index in [2.05, 4.69) is 11.2 Å². The van der Waals surface area contributed by atoms with E-state index < -0.39 is 0 Å². The van der Waals surface area contributed by atoms with Gasteiger partial charge in [0.1, 0.15) is 6.26 Å². The molecular formula is C16H14N2O2S. The Morgan fingerprint density at radius 3 is 3.14 bits per heavy atom. The van der Waals surface area contributed by atoms with Gasteiger partial charge in [-0.2, -0.15) is 0 Å². The minimum atomic E-state index is 0.108. The van der Waals surface area contributed by atoms with Crippen LogP contribution in [0.5, 0.6) is 0 Å². The van der Waals surface area contributed by atoms with E-state index in [1.165, 1.54) is 4.70 Å². The molecule has 0 unspecified atom stereocenters. The van der Waals surface area contributed by atoms with Gasteiger partial charge >= 0.3 is 0 Å². The molecule has 0 saturated carbocycles. The lowest BCUT2D eigenvalue weighted by molar-refractivity contribution is 0.0736. The summed E-state index contributed by atoms with van der Waals surface area (Å²) in [6.45, 7) is 3.30. The molecule has 0 spiro atoms. The normalized spacial score (nSPS) is 14.4. The molecule has 3 heterocycles. The van der Waals surface area contributed by atoms with E-state index in [1.54, 1.807) is 17.6 Å². The summed E-state index contributed by atoms with van der Waals surface area (Å²) < 4.78 is 6.16. The van der Waals surface area contributed by atoms with E-state index in [-0.39, 0.29) is 5.91 Å². The first kappa shape index (κ1) is 12.6. The molecule has 1 aromatic carbocycles. The Labute approximate surface area is 126 Å². The standard InChI is InChI=1S/C16H14N2O2S/c1-10-15(12-4-2-3-5-14(12)21-10)16(19)18-7-6-13-11(8-18)9-20-17-13/h2-5,9H,6-8H2,1H3. The molecule has 1 amide bonds. The maximum atomic E-state index is 12.9. The van der Waals surface area contributed by atoms with Gasteiger partial charge in [-0.05, 0) is 13.0 Å². The van der Waals surface area contributed by atoms with Crippen molar-refractivity contribution in [3.05, 3.63) is 52.2 Å². The molecule has 0 fully saturated rings. The quantitative estimate of drug-likeness (QED) is 0.692. The zero-order valence-corrected chi connectivity index (χ0v) is 12.4. The van der Waals surface area contributed by atoms with E-state index in [4.69, 9.17) is 4.52 Å². The molecule has 2 aromatic heterocycles. The van der Waals surface area contributed by atoms with Crippen LogP contribution in [0.15, 0.2) is 35.1 Å². The SMILES string of the molecule is Cc1sc2ccccc2c1C(=O)N1CCc2nocc2C1. The van der Waals surface area contributed by atoms with Crippen molar-refractivity contribution in [3.63, 3.8) is 0 Å². The number of fused-ring (bicyclic) bond motifs is 2. The highest BCUT2D eigenvalue weighted by Gasteiger charge is 2.26. The van der Waals surface area contributed by atoms with Gasteiger partial charge in [0.15, 0.2) is 0 Å². The number of carbonyl (C=O) groups excluding carboxylic acids is 1.